The average Bonchev–Trinajstić information content (AvgIpc) is 2.96. The van der Waals surface area contributed by atoms with Crippen LogP contribution in [0.25, 0.3) is 10.4 Å². The molecule has 0 unspecified atom stereocenters. The van der Waals surface area contributed by atoms with Crippen LogP contribution in [0.1, 0.15) is 57.5 Å². The van der Waals surface area contributed by atoms with Gasteiger partial charge in [-0.05, 0) is 47.3 Å². The highest BCUT2D eigenvalue weighted by Gasteiger charge is 2.45. The molecule has 168 valence electrons. The molecule has 0 aliphatic carbocycles. The summed E-state index contributed by atoms with van der Waals surface area (Å²) in [6.07, 6.45) is -4.94. The normalized spacial score (nSPS) is 13.2. The summed E-state index contributed by atoms with van der Waals surface area (Å²) in [5.41, 5.74) is 0.298. The number of hydrogen-bond acceptors (Lipinski definition) is 2. The van der Waals surface area contributed by atoms with Crippen LogP contribution in [0.2, 0.25) is 16.6 Å². The lowest BCUT2D eigenvalue weighted by Crippen LogP contribution is -2.47. The van der Waals surface area contributed by atoms with Crippen molar-refractivity contribution in [2.75, 3.05) is 0 Å². The Bertz CT molecular complexity index is 865. The van der Waals surface area contributed by atoms with Gasteiger partial charge in [0.2, 0.25) is 8.32 Å². The fourth-order valence-corrected chi connectivity index (χ4v) is 11.1. The Balaban J connectivity index is 2.38. The topological polar surface area (TPSA) is 9.23 Å². The number of alkyl halides is 3. The van der Waals surface area contributed by atoms with Gasteiger partial charge in [-0.15, -0.1) is 11.3 Å². The summed E-state index contributed by atoms with van der Waals surface area (Å²) >= 11 is 1.23. The smallest absolute Gasteiger partial charge is 0.411 e. The average molecular weight is 465 g/mol. The summed E-state index contributed by atoms with van der Waals surface area (Å²) in [7, 11) is -2.10. The lowest BCUT2D eigenvalue weighted by molar-refractivity contribution is -0.140. The van der Waals surface area contributed by atoms with E-state index in [4.69, 9.17) is 4.43 Å². The first-order valence-corrected chi connectivity index (χ1v) is 13.0. The predicted molar refractivity (Wildman–Crippen MR) is 115 cm³/mol. The molecule has 0 spiro atoms. The van der Waals surface area contributed by atoms with Crippen molar-refractivity contribution in [2.24, 2.45) is 0 Å². The van der Waals surface area contributed by atoms with Crippen LogP contribution in [0, 0.1) is 18.6 Å². The van der Waals surface area contributed by atoms with Crippen molar-refractivity contribution in [1.82, 2.24) is 0 Å². The molecule has 2 rings (SSSR count). The van der Waals surface area contributed by atoms with Crippen molar-refractivity contribution in [3.63, 3.8) is 0 Å². The highest BCUT2D eigenvalue weighted by atomic mass is 32.1. The lowest BCUT2D eigenvalue weighted by Gasteiger charge is -2.42. The van der Waals surface area contributed by atoms with E-state index in [1.54, 1.807) is 6.07 Å². The van der Waals surface area contributed by atoms with E-state index in [1.807, 2.05) is 6.92 Å². The number of thiophene rings is 1. The summed E-state index contributed by atoms with van der Waals surface area (Å²) in [5.74, 6) is -3.34. The molecule has 0 atom stereocenters. The van der Waals surface area contributed by atoms with Crippen molar-refractivity contribution in [2.45, 2.75) is 77.9 Å². The predicted octanol–water partition coefficient (Wildman–Crippen LogP) is 8.71. The number of aryl methyl sites for hydroxylation is 1. The third-order valence-electron chi connectivity index (χ3n) is 5.83. The van der Waals surface area contributed by atoms with Gasteiger partial charge in [-0.1, -0.05) is 41.5 Å². The highest BCUT2D eigenvalue weighted by molar-refractivity contribution is 7.15. The monoisotopic (exact) mass is 464 g/mol. The Kier molecular flexibility index (Phi) is 7.57. The quantitative estimate of drug-likeness (QED) is 0.294. The number of rotatable bonds is 7. The molecule has 0 N–H and O–H groups in total. The summed E-state index contributed by atoms with van der Waals surface area (Å²) in [6.45, 7) is 15.3. The van der Waals surface area contributed by atoms with Gasteiger partial charge in [0.15, 0.2) is 11.6 Å². The fraction of sp³-hybridized carbons (Fsp3) is 0.545. The molecule has 1 nitrogen and oxygen atoms in total. The van der Waals surface area contributed by atoms with Gasteiger partial charge in [-0.3, -0.25) is 0 Å². The second kappa shape index (κ2) is 9.08. The van der Waals surface area contributed by atoms with E-state index in [-0.39, 0.29) is 5.56 Å². The van der Waals surface area contributed by atoms with Gasteiger partial charge in [0, 0.05) is 15.3 Å². The van der Waals surface area contributed by atoms with Gasteiger partial charge in [-0.25, -0.2) is 8.78 Å². The SMILES string of the molecule is Cc1cc(-c2ccc(C(F)(F)F)c(F)c2F)sc1CO[Si](C(C)C)(C(C)C)C(C)C. The molecular weight excluding hydrogens is 435 g/mol. The Hall–Kier alpha value is -1.25. The third kappa shape index (κ3) is 4.65. The number of halogens is 5. The van der Waals surface area contributed by atoms with Gasteiger partial charge < -0.3 is 4.43 Å². The van der Waals surface area contributed by atoms with Crippen LogP contribution in [0.3, 0.4) is 0 Å². The number of hydrogen-bond donors (Lipinski definition) is 0. The molecule has 1 aromatic carbocycles. The van der Waals surface area contributed by atoms with Crippen LogP contribution in [0.4, 0.5) is 22.0 Å². The van der Waals surface area contributed by atoms with Crippen LogP contribution in [-0.4, -0.2) is 8.32 Å². The Labute approximate surface area is 180 Å². The largest absolute Gasteiger partial charge is 0.419 e. The summed E-state index contributed by atoms with van der Waals surface area (Å²) < 4.78 is 73.5. The fourth-order valence-electron chi connectivity index (χ4n) is 4.45. The zero-order valence-corrected chi connectivity index (χ0v) is 20.2. The minimum absolute atomic E-state index is 0.167. The highest BCUT2D eigenvalue weighted by Crippen LogP contribution is 2.44. The van der Waals surface area contributed by atoms with E-state index in [0.717, 1.165) is 16.5 Å². The van der Waals surface area contributed by atoms with E-state index in [1.165, 1.54) is 11.3 Å². The van der Waals surface area contributed by atoms with Crippen molar-refractivity contribution >= 4 is 19.7 Å². The van der Waals surface area contributed by atoms with Crippen LogP contribution < -0.4 is 0 Å². The van der Waals surface area contributed by atoms with Gasteiger partial charge in [-0.2, -0.15) is 13.2 Å². The van der Waals surface area contributed by atoms with Crippen molar-refractivity contribution in [3.8, 4) is 10.4 Å². The molecule has 0 radical (unpaired) electrons. The maximum Gasteiger partial charge on any atom is 0.419 e. The summed E-state index contributed by atoms with van der Waals surface area (Å²) in [6, 6.07) is 3.26. The first kappa shape index (κ1) is 25.0. The second-order valence-electron chi connectivity index (χ2n) is 8.61. The van der Waals surface area contributed by atoms with Crippen molar-refractivity contribution in [1.29, 1.82) is 0 Å². The van der Waals surface area contributed by atoms with E-state index in [9.17, 15) is 22.0 Å². The summed E-state index contributed by atoms with van der Waals surface area (Å²) in [5, 5.41) is 0. The second-order valence-corrected chi connectivity index (χ2v) is 15.2. The first-order chi connectivity index (χ1) is 13.7. The van der Waals surface area contributed by atoms with Crippen LogP contribution in [0.5, 0.6) is 0 Å². The molecule has 0 aliphatic rings. The van der Waals surface area contributed by atoms with Crippen molar-refractivity contribution in [3.05, 3.63) is 45.8 Å². The molecule has 1 aromatic heterocycles. The van der Waals surface area contributed by atoms with E-state index in [0.29, 0.717) is 34.2 Å². The van der Waals surface area contributed by atoms with Gasteiger partial charge in [0.25, 0.3) is 0 Å². The minimum Gasteiger partial charge on any atom is -0.411 e. The minimum atomic E-state index is -4.94. The molecule has 0 saturated carbocycles. The number of benzene rings is 1. The maximum absolute atomic E-state index is 14.4. The van der Waals surface area contributed by atoms with Crippen LogP contribution in [0.15, 0.2) is 18.2 Å². The maximum atomic E-state index is 14.4. The molecule has 2 aromatic rings. The molecule has 30 heavy (non-hydrogen) atoms. The standard InChI is InChI=1S/C22H29F5OSSi/c1-12(2)30(13(3)4,14(5)6)28-11-19-15(7)10-18(29-19)16-8-9-17(22(25,26)27)21(24)20(16)23/h8-10,12-14H,11H2,1-7H3. The molecule has 0 bridgehead atoms. The molecular formula is C22H29F5OSSi. The van der Waals surface area contributed by atoms with Gasteiger partial charge in [0.1, 0.15) is 0 Å². The Morgan fingerprint density at radius 2 is 1.47 bits per heavy atom. The van der Waals surface area contributed by atoms with E-state index in [2.05, 4.69) is 41.5 Å². The Morgan fingerprint density at radius 1 is 0.933 bits per heavy atom. The molecule has 0 amide bonds. The van der Waals surface area contributed by atoms with Gasteiger partial charge >= 0.3 is 6.18 Å². The lowest BCUT2D eigenvalue weighted by atomic mass is 10.1. The molecule has 0 saturated heterocycles. The first-order valence-electron chi connectivity index (χ1n) is 10.0. The Morgan fingerprint density at radius 3 is 1.93 bits per heavy atom. The van der Waals surface area contributed by atoms with Crippen molar-refractivity contribution < 1.29 is 26.4 Å². The van der Waals surface area contributed by atoms with Crippen LogP contribution >= 0.6 is 11.3 Å². The van der Waals surface area contributed by atoms with E-state index >= 15 is 0 Å². The molecule has 8 heteroatoms. The zero-order chi connectivity index (χ0) is 23.0. The molecule has 0 aliphatic heterocycles. The molecule has 1 heterocycles. The van der Waals surface area contributed by atoms with Crippen LogP contribution in [-0.2, 0) is 17.2 Å². The van der Waals surface area contributed by atoms with Gasteiger partial charge in [0.05, 0.1) is 12.2 Å². The van der Waals surface area contributed by atoms with E-state index < -0.39 is 31.7 Å². The third-order valence-corrected chi connectivity index (χ3v) is 13.1. The zero-order valence-electron chi connectivity index (χ0n) is 18.4. The molecule has 0 fully saturated rings. The summed E-state index contributed by atoms with van der Waals surface area (Å²) in [4.78, 5) is 1.27.